The molecule has 1 saturated carbocycles. The first-order valence-electron chi connectivity index (χ1n) is 5.74. The van der Waals surface area contributed by atoms with E-state index < -0.39 is 11.6 Å². The Kier molecular flexibility index (Phi) is 4.16. The van der Waals surface area contributed by atoms with Crippen LogP contribution in [0.4, 0.5) is 14.5 Å². The standard InChI is InChI=1S/C12H13BrF2N2O/c13-9-5-7(14)6-10(15)12(9)16-4-3-11(18)17-8-1-2-8/h5-6,8,16H,1-4H2,(H,17,18). The van der Waals surface area contributed by atoms with Gasteiger partial charge in [-0.25, -0.2) is 8.78 Å². The highest BCUT2D eigenvalue weighted by Crippen LogP contribution is 2.26. The maximum Gasteiger partial charge on any atom is 0.221 e. The predicted octanol–water partition coefficient (Wildman–Crippen LogP) is 2.81. The van der Waals surface area contributed by atoms with Gasteiger partial charge >= 0.3 is 0 Å². The number of hydrogen-bond acceptors (Lipinski definition) is 2. The molecule has 0 saturated heterocycles. The highest BCUT2D eigenvalue weighted by atomic mass is 79.9. The molecule has 1 aromatic carbocycles. The van der Waals surface area contributed by atoms with Crippen molar-refractivity contribution in [3.8, 4) is 0 Å². The van der Waals surface area contributed by atoms with E-state index in [1.165, 1.54) is 6.07 Å². The minimum atomic E-state index is -0.676. The summed E-state index contributed by atoms with van der Waals surface area (Å²) in [5, 5.41) is 5.62. The number of benzene rings is 1. The summed E-state index contributed by atoms with van der Waals surface area (Å²) in [6.07, 6.45) is 2.34. The molecule has 3 nitrogen and oxygen atoms in total. The Labute approximate surface area is 112 Å². The van der Waals surface area contributed by atoms with E-state index in [2.05, 4.69) is 26.6 Å². The molecule has 98 valence electrons. The van der Waals surface area contributed by atoms with Gasteiger partial charge in [0.2, 0.25) is 5.91 Å². The summed E-state index contributed by atoms with van der Waals surface area (Å²) in [6, 6.07) is 2.30. The number of carbonyl (C=O) groups is 1. The van der Waals surface area contributed by atoms with Crippen molar-refractivity contribution < 1.29 is 13.6 Å². The molecule has 2 N–H and O–H groups in total. The Morgan fingerprint density at radius 1 is 1.39 bits per heavy atom. The van der Waals surface area contributed by atoms with E-state index in [-0.39, 0.29) is 18.0 Å². The van der Waals surface area contributed by atoms with Gasteiger partial charge in [-0.15, -0.1) is 0 Å². The molecule has 0 unspecified atom stereocenters. The van der Waals surface area contributed by atoms with Gasteiger partial charge in [0.25, 0.3) is 0 Å². The third kappa shape index (κ3) is 3.66. The second-order valence-electron chi connectivity index (χ2n) is 4.26. The first-order chi connectivity index (χ1) is 8.56. The first kappa shape index (κ1) is 13.3. The number of anilines is 1. The summed E-state index contributed by atoms with van der Waals surface area (Å²) in [4.78, 5) is 11.4. The fourth-order valence-corrected chi connectivity index (χ4v) is 2.09. The molecule has 1 aliphatic carbocycles. The van der Waals surface area contributed by atoms with Crippen molar-refractivity contribution in [2.75, 3.05) is 11.9 Å². The molecule has 0 radical (unpaired) electrons. The zero-order chi connectivity index (χ0) is 13.1. The van der Waals surface area contributed by atoms with Gasteiger partial charge in [0, 0.05) is 29.5 Å². The van der Waals surface area contributed by atoms with Crippen molar-refractivity contribution in [3.05, 3.63) is 28.2 Å². The Hall–Kier alpha value is -1.17. The molecule has 0 aromatic heterocycles. The Bertz CT molecular complexity index is 440. The average Bonchev–Trinajstić information content (AvgIpc) is 3.05. The van der Waals surface area contributed by atoms with Gasteiger partial charge in [-0.1, -0.05) is 0 Å². The number of carbonyl (C=O) groups excluding carboxylic acids is 1. The largest absolute Gasteiger partial charge is 0.381 e. The summed E-state index contributed by atoms with van der Waals surface area (Å²) in [5.74, 6) is -1.37. The highest BCUT2D eigenvalue weighted by molar-refractivity contribution is 9.10. The number of halogens is 3. The molecule has 0 atom stereocenters. The minimum absolute atomic E-state index is 0.0522. The molecule has 2 rings (SSSR count). The molecule has 0 heterocycles. The zero-order valence-electron chi connectivity index (χ0n) is 9.60. The SMILES string of the molecule is O=C(CCNc1c(F)cc(F)cc1Br)NC1CC1. The van der Waals surface area contributed by atoms with Gasteiger partial charge in [-0.3, -0.25) is 4.79 Å². The third-order valence-corrected chi connectivity index (χ3v) is 3.23. The van der Waals surface area contributed by atoms with Gasteiger partial charge in [-0.05, 0) is 34.8 Å². The molecule has 1 aliphatic rings. The van der Waals surface area contributed by atoms with Crippen LogP contribution in [0.25, 0.3) is 0 Å². The van der Waals surface area contributed by atoms with Crippen LogP contribution in [0.1, 0.15) is 19.3 Å². The van der Waals surface area contributed by atoms with Gasteiger partial charge in [-0.2, -0.15) is 0 Å². The molecule has 1 fully saturated rings. The van der Waals surface area contributed by atoms with E-state index in [0.717, 1.165) is 18.9 Å². The molecule has 0 spiro atoms. The van der Waals surface area contributed by atoms with Crippen molar-refractivity contribution in [1.29, 1.82) is 0 Å². The second-order valence-corrected chi connectivity index (χ2v) is 5.12. The van der Waals surface area contributed by atoms with Gasteiger partial charge in [0.05, 0.1) is 5.69 Å². The summed E-state index contributed by atoms with van der Waals surface area (Å²) in [5.41, 5.74) is 0.177. The first-order valence-corrected chi connectivity index (χ1v) is 6.53. The van der Waals surface area contributed by atoms with Crippen LogP contribution in [0.2, 0.25) is 0 Å². The van der Waals surface area contributed by atoms with E-state index >= 15 is 0 Å². The summed E-state index contributed by atoms with van der Waals surface area (Å²) < 4.78 is 26.6. The molecule has 1 amide bonds. The van der Waals surface area contributed by atoms with Crippen LogP contribution in [0, 0.1) is 11.6 Å². The number of nitrogens with one attached hydrogen (secondary N) is 2. The second kappa shape index (κ2) is 5.65. The zero-order valence-corrected chi connectivity index (χ0v) is 11.2. The van der Waals surface area contributed by atoms with Crippen LogP contribution >= 0.6 is 15.9 Å². The third-order valence-electron chi connectivity index (χ3n) is 2.60. The Morgan fingerprint density at radius 2 is 2.11 bits per heavy atom. The minimum Gasteiger partial charge on any atom is -0.381 e. The lowest BCUT2D eigenvalue weighted by Crippen LogP contribution is -2.27. The van der Waals surface area contributed by atoms with E-state index in [4.69, 9.17) is 0 Å². The topological polar surface area (TPSA) is 41.1 Å². The molecule has 6 heteroatoms. The van der Waals surface area contributed by atoms with E-state index in [9.17, 15) is 13.6 Å². The lowest BCUT2D eigenvalue weighted by atomic mass is 10.3. The molecule has 0 bridgehead atoms. The number of rotatable bonds is 5. The van der Waals surface area contributed by atoms with Gasteiger partial charge in [0.15, 0.2) is 0 Å². The molecular weight excluding hydrogens is 306 g/mol. The normalized spacial score (nSPS) is 14.4. The van der Waals surface area contributed by atoms with Crippen LogP contribution in [0.15, 0.2) is 16.6 Å². The lowest BCUT2D eigenvalue weighted by molar-refractivity contribution is -0.120. The maximum absolute atomic E-state index is 13.4. The van der Waals surface area contributed by atoms with E-state index in [1.54, 1.807) is 0 Å². The quantitative estimate of drug-likeness (QED) is 0.876. The van der Waals surface area contributed by atoms with Crippen LogP contribution in [-0.4, -0.2) is 18.5 Å². The lowest BCUT2D eigenvalue weighted by Gasteiger charge is -2.10. The van der Waals surface area contributed by atoms with Crippen LogP contribution in [0.3, 0.4) is 0 Å². The fraction of sp³-hybridized carbons (Fsp3) is 0.417. The van der Waals surface area contributed by atoms with Crippen LogP contribution in [-0.2, 0) is 4.79 Å². The molecule has 0 aliphatic heterocycles. The van der Waals surface area contributed by atoms with Crippen molar-refractivity contribution in [2.45, 2.75) is 25.3 Å². The van der Waals surface area contributed by atoms with E-state index in [1.807, 2.05) is 0 Å². The van der Waals surface area contributed by atoms with Crippen molar-refractivity contribution in [2.24, 2.45) is 0 Å². The van der Waals surface area contributed by atoms with E-state index in [0.29, 0.717) is 17.1 Å². The Morgan fingerprint density at radius 3 is 2.72 bits per heavy atom. The van der Waals surface area contributed by atoms with Crippen molar-refractivity contribution >= 4 is 27.5 Å². The smallest absolute Gasteiger partial charge is 0.221 e. The average molecular weight is 319 g/mol. The van der Waals surface area contributed by atoms with Crippen LogP contribution in [0.5, 0.6) is 0 Å². The highest BCUT2D eigenvalue weighted by Gasteiger charge is 2.22. The summed E-state index contributed by atoms with van der Waals surface area (Å²) in [6.45, 7) is 0.305. The molecule has 1 aromatic rings. The summed E-state index contributed by atoms with van der Waals surface area (Å²) >= 11 is 3.07. The molecule has 18 heavy (non-hydrogen) atoms. The Balaban J connectivity index is 1.84. The van der Waals surface area contributed by atoms with Crippen LogP contribution < -0.4 is 10.6 Å². The predicted molar refractivity (Wildman–Crippen MR) is 68.3 cm³/mol. The van der Waals surface area contributed by atoms with Crippen molar-refractivity contribution in [1.82, 2.24) is 5.32 Å². The maximum atomic E-state index is 13.4. The van der Waals surface area contributed by atoms with Crippen molar-refractivity contribution in [3.63, 3.8) is 0 Å². The number of hydrogen-bond donors (Lipinski definition) is 2. The molecular formula is C12H13BrF2N2O. The number of amides is 1. The fourth-order valence-electron chi connectivity index (χ4n) is 1.54. The monoisotopic (exact) mass is 318 g/mol. The summed E-state index contributed by atoms with van der Waals surface area (Å²) in [7, 11) is 0. The van der Waals surface area contributed by atoms with Gasteiger partial charge < -0.3 is 10.6 Å². The van der Waals surface area contributed by atoms with Gasteiger partial charge in [0.1, 0.15) is 11.6 Å².